The van der Waals surface area contributed by atoms with E-state index in [-0.39, 0.29) is 11.9 Å². The molecule has 0 radical (unpaired) electrons. The Balaban J connectivity index is 2.15. The first-order valence-corrected chi connectivity index (χ1v) is 7.45. The molecule has 2 aromatic rings. The minimum absolute atomic E-state index is 0.0914. The van der Waals surface area contributed by atoms with Crippen molar-refractivity contribution in [2.24, 2.45) is 0 Å². The molecule has 1 atom stereocenters. The molecule has 2 heterocycles. The van der Waals surface area contributed by atoms with Crippen molar-refractivity contribution in [3.63, 3.8) is 0 Å². The second-order valence-electron chi connectivity index (χ2n) is 5.02. The van der Waals surface area contributed by atoms with Gasteiger partial charge in [-0.25, -0.2) is 0 Å². The smallest absolute Gasteiger partial charge is 0.220 e. The molecule has 2 nitrogen and oxygen atoms in total. The van der Waals surface area contributed by atoms with Gasteiger partial charge in [-0.2, -0.15) is 0 Å². The summed E-state index contributed by atoms with van der Waals surface area (Å²) < 4.78 is 0. The third-order valence-electron chi connectivity index (χ3n) is 3.85. The fourth-order valence-corrected chi connectivity index (χ4v) is 3.79. The van der Waals surface area contributed by atoms with Gasteiger partial charge in [0.05, 0.1) is 6.04 Å². The summed E-state index contributed by atoms with van der Waals surface area (Å²) in [4.78, 5) is 15.4. The lowest BCUT2D eigenvalue weighted by molar-refractivity contribution is -0.130. The van der Waals surface area contributed by atoms with Crippen molar-refractivity contribution in [2.75, 3.05) is 6.54 Å². The first kappa shape index (κ1) is 12.4. The van der Waals surface area contributed by atoms with E-state index in [4.69, 9.17) is 0 Å². The van der Waals surface area contributed by atoms with Crippen LogP contribution < -0.4 is 0 Å². The van der Waals surface area contributed by atoms with Crippen molar-refractivity contribution >= 4 is 17.2 Å². The van der Waals surface area contributed by atoms with Crippen molar-refractivity contribution in [1.82, 2.24) is 4.90 Å². The molecule has 3 rings (SSSR count). The van der Waals surface area contributed by atoms with E-state index in [9.17, 15) is 4.79 Å². The third kappa shape index (κ3) is 2.08. The molecule has 0 spiro atoms. The van der Waals surface area contributed by atoms with Crippen LogP contribution in [-0.2, 0) is 11.2 Å². The van der Waals surface area contributed by atoms with Gasteiger partial charge in [0.1, 0.15) is 0 Å². The Morgan fingerprint density at radius 1 is 1.26 bits per heavy atom. The van der Waals surface area contributed by atoms with E-state index in [0.29, 0.717) is 0 Å². The van der Waals surface area contributed by atoms with Gasteiger partial charge in [-0.1, -0.05) is 24.3 Å². The molecular weight excluding hydrogens is 254 g/mol. The van der Waals surface area contributed by atoms with Crippen LogP contribution in [0.4, 0.5) is 0 Å². The molecule has 1 amide bonds. The number of amides is 1. The zero-order chi connectivity index (χ0) is 13.4. The number of benzene rings is 1. The molecule has 1 aliphatic rings. The van der Waals surface area contributed by atoms with E-state index in [1.165, 1.54) is 21.6 Å². The van der Waals surface area contributed by atoms with Crippen LogP contribution in [0, 0.1) is 6.92 Å². The molecule has 0 aliphatic carbocycles. The average Bonchev–Trinajstić information content (AvgIpc) is 2.86. The predicted molar refractivity (Wildman–Crippen MR) is 78.4 cm³/mol. The van der Waals surface area contributed by atoms with E-state index in [0.717, 1.165) is 13.0 Å². The van der Waals surface area contributed by atoms with Crippen molar-refractivity contribution in [2.45, 2.75) is 26.3 Å². The largest absolute Gasteiger partial charge is 0.331 e. The molecule has 98 valence electrons. The lowest BCUT2D eigenvalue weighted by Gasteiger charge is -2.36. The van der Waals surface area contributed by atoms with Crippen LogP contribution in [0.2, 0.25) is 0 Å². The van der Waals surface area contributed by atoms with Crippen LogP contribution in [0.25, 0.3) is 0 Å². The predicted octanol–water partition coefficient (Wildman–Crippen LogP) is 3.55. The fraction of sp³-hybridized carbons (Fsp3) is 0.312. The Morgan fingerprint density at radius 2 is 2.05 bits per heavy atom. The first-order chi connectivity index (χ1) is 9.18. The summed E-state index contributed by atoms with van der Waals surface area (Å²) in [5.41, 5.74) is 3.80. The van der Waals surface area contributed by atoms with Gasteiger partial charge in [-0.15, -0.1) is 11.3 Å². The molecule has 1 aliphatic heterocycles. The number of thiophene rings is 1. The van der Waals surface area contributed by atoms with Crippen molar-refractivity contribution < 1.29 is 4.79 Å². The zero-order valence-electron chi connectivity index (χ0n) is 11.2. The van der Waals surface area contributed by atoms with Crippen LogP contribution in [-0.4, -0.2) is 17.4 Å². The third-order valence-corrected chi connectivity index (χ3v) is 4.85. The highest BCUT2D eigenvalue weighted by Gasteiger charge is 2.31. The van der Waals surface area contributed by atoms with E-state index >= 15 is 0 Å². The second-order valence-corrected chi connectivity index (χ2v) is 6.02. The van der Waals surface area contributed by atoms with E-state index in [1.54, 1.807) is 18.3 Å². The van der Waals surface area contributed by atoms with Gasteiger partial charge in [0, 0.05) is 18.3 Å². The van der Waals surface area contributed by atoms with Gasteiger partial charge in [-0.05, 0) is 41.5 Å². The molecule has 0 saturated heterocycles. The Morgan fingerprint density at radius 3 is 2.79 bits per heavy atom. The number of carbonyl (C=O) groups is 1. The van der Waals surface area contributed by atoms with Crippen molar-refractivity contribution in [3.05, 3.63) is 57.3 Å². The standard InChI is InChI=1S/C16H17NOS/c1-11-5-3-4-6-13(11)16-14-8-10-19-15(14)7-9-17(16)12(2)18/h3-6,8,10,16H,7,9H2,1-2H3. The molecule has 0 fully saturated rings. The number of carbonyl (C=O) groups excluding carboxylic acids is 1. The molecule has 1 aromatic carbocycles. The summed E-state index contributed by atoms with van der Waals surface area (Å²) in [5.74, 6) is 0.158. The minimum Gasteiger partial charge on any atom is -0.331 e. The van der Waals surface area contributed by atoms with Gasteiger partial charge in [0.2, 0.25) is 5.91 Å². The van der Waals surface area contributed by atoms with Gasteiger partial charge < -0.3 is 4.90 Å². The quantitative estimate of drug-likeness (QED) is 0.776. The van der Waals surface area contributed by atoms with Crippen molar-refractivity contribution in [1.29, 1.82) is 0 Å². The lowest BCUT2D eigenvalue weighted by Crippen LogP contribution is -2.38. The van der Waals surface area contributed by atoms with Gasteiger partial charge in [0.15, 0.2) is 0 Å². The Hall–Kier alpha value is -1.61. The molecule has 0 N–H and O–H groups in total. The SMILES string of the molecule is CC(=O)N1CCc2sccc2C1c1ccccc1C. The van der Waals surface area contributed by atoms with E-state index in [2.05, 4.69) is 36.6 Å². The number of hydrogen-bond donors (Lipinski definition) is 0. The highest BCUT2D eigenvalue weighted by Crippen LogP contribution is 2.38. The van der Waals surface area contributed by atoms with Crippen LogP contribution in [0.3, 0.4) is 0 Å². The number of hydrogen-bond acceptors (Lipinski definition) is 2. The Bertz CT molecular complexity index is 617. The molecule has 0 bridgehead atoms. The van der Waals surface area contributed by atoms with Gasteiger partial charge in [0.25, 0.3) is 0 Å². The molecule has 1 unspecified atom stereocenters. The summed E-state index contributed by atoms with van der Waals surface area (Å²) in [5, 5.41) is 2.14. The average molecular weight is 271 g/mol. The zero-order valence-corrected chi connectivity index (χ0v) is 12.0. The maximum Gasteiger partial charge on any atom is 0.220 e. The van der Waals surface area contributed by atoms with Crippen LogP contribution in [0.15, 0.2) is 35.7 Å². The maximum absolute atomic E-state index is 12.0. The fourth-order valence-electron chi connectivity index (χ4n) is 2.88. The minimum atomic E-state index is 0.0914. The van der Waals surface area contributed by atoms with Gasteiger partial charge in [-0.3, -0.25) is 4.79 Å². The first-order valence-electron chi connectivity index (χ1n) is 6.57. The van der Waals surface area contributed by atoms with Crippen molar-refractivity contribution in [3.8, 4) is 0 Å². The normalized spacial score (nSPS) is 18.2. The van der Waals surface area contributed by atoms with E-state index < -0.39 is 0 Å². The summed E-state index contributed by atoms with van der Waals surface area (Å²) in [6, 6.07) is 10.6. The highest BCUT2D eigenvalue weighted by atomic mass is 32.1. The number of nitrogens with zero attached hydrogens (tertiary/aromatic N) is 1. The second kappa shape index (κ2) is 4.82. The van der Waals surface area contributed by atoms with Crippen LogP contribution in [0.1, 0.15) is 34.5 Å². The maximum atomic E-state index is 12.0. The molecule has 1 aromatic heterocycles. The summed E-state index contributed by atoms with van der Waals surface area (Å²) >= 11 is 1.81. The topological polar surface area (TPSA) is 20.3 Å². The van der Waals surface area contributed by atoms with Gasteiger partial charge >= 0.3 is 0 Å². The lowest BCUT2D eigenvalue weighted by atomic mass is 9.90. The number of fused-ring (bicyclic) bond motifs is 1. The molecule has 19 heavy (non-hydrogen) atoms. The molecule has 0 saturated carbocycles. The van der Waals surface area contributed by atoms with E-state index in [1.807, 2.05) is 11.0 Å². The summed E-state index contributed by atoms with van der Waals surface area (Å²) in [7, 11) is 0. The van der Waals surface area contributed by atoms with Crippen LogP contribution >= 0.6 is 11.3 Å². The number of rotatable bonds is 1. The summed E-state index contributed by atoms with van der Waals surface area (Å²) in [6.45, 7) is 4.61. The number of aryl methyl sites for hydroxylation is 1. The van der Waals surface area contributed by atoms with Crippen LogP contribution in [0.5, 0.6) is 0 Å². The molecule has 3 heteroatoms. The molecular formula is C16H17NOS. The monoisotopic (exact) mass is 271 g/mol. The Kier molecular flexibility index (Phi) is 3.15. The summed E-state index contributed by atoms with van der Waals surface area (Å²) in [6.07, 6.45) is 0.981. The Labute approximate surface area is 117 Å². The highest BCUT2D eigenvalue weighted by molar-refractivity contribution is 7.10.